The van der Waals surface area contributed by atoms with Crippen molar-refractivity contribution in [2.24, 2.45) is 0 Å². The van der Waals surface area contributed by atoms with E-state index in [1.807, 2.05) is 24.3 Å². The van der Waals surface area contributed by atoms with E-state index in [0.717, 1.165) is 24.2 Å². The Kier molecular flexibility index (Phi) is 5.65. The fourth-order valence-corrected chi connectivity index (χ4v) is 2.16. The van der Waals surface area contributed by atoms with E-state index in [0.29, 0.717) is 17.6 Å². The monoisotopic (exact) mass is 293 g/mol. The van der Waals surface area contributed by atoms with E-state index in [-0.39, 0.29) is 0 Å². The molecule has 0 amide bonds. The normalized spacial score (nSPS) is 14.2. The summed E-state index contributed by atoms with van der Waals surface area (Å²) in [5, 5.41) is 14.1. The lowest BCUT2D eigenvalue weighted by molar-refractivity contribution is 0.170. The molecule has 1 aromatic heterocycles. The van der Waals surface area contributed by atoms with Crippen molar-refractivity contribution in [1.29, 1.82) is 0 Å². The average Bonchev–Trinajstić information content (AvgIpc) is 2.96. The maximum atomic E-state index is 10.1. The van der Waals surface area contributed by atoms with Crippen LogP contribution in [-0.4, -0.2) is 17.7 Å². The topological polar surface area (TPSA) is 45.4 Å². The van der Waals surface area contributed by atoms with Crippen LogP contribution in [0.2, 0.25) is 5.02 Å². The number of aliphatic hydroxyl groups is 1. The molecule has 2 unspecified atom stereocenters. The fraction of sp³-hybridized carbons (Fsp3) is 0.375. The van der Waals surface area contributed by atoms with Crippen LogP contribution in [-0.2, 0) is 6.42 Å². The molecular weight excluding hydrogens is 274 g/mol. The standard InChI is InChI=1S/C16H20ClNO2/c1-12(4-9-15-3-2-10-20-15)18-11-16(19)13-5-7-14(17)8-6-13/h2-3,5-8,10,12,16,18-19H,4,9,11H2,1H3. The van der Waals surface area contributed by atoms with Crippen molar-refractivity contribution in [3.05, 3.63) is 59.0 Å². The summed E-state index contributed by atoms with van der Waals surface area (Å²) in [5.74, 6) is 0.997. The van der Waals surface area contributed by atoms with Crippen LogP contribution in [0.3, 0.4) is 0 Å². The highest BCUT2D eigenvalue weighted by Crippen LogP contribution is 2.16. The maximum Gasteiger partial charge on any atom is 0.103 e. The van der Waals surface area contributed by atoms with Gasteiger partial charge in [-0.2, -0.15) is 0 Å². The van der Waals surface area contributed by atoms with E-state index in [1.54, 1.807) is 18.4 Å². The number of benzene rings is 1. The van der Waals surface area contributed by atoms with Gasteiger partial charge in [0.2, 0.25) is 0 Å². The third-order valence-corrected chi connectivity index (χ3v) is 3.57. The molecule has 0 fully saturated rings. The van der Waals surface area contributed by atoms with E-state index in [4.69, 9.17) is 16.0 Å². The predicted molar refractivity (Wildman–Crippen MR) is 80.9 cm³/mol. The van der Waals surface area contributed by atoms with Crippen molar-refractivity contribution in [3.8, 4) is 0 Å². The van der Waals surface area contributed by atoms with Gasteiger partial charge in [0.1, 0.15) is 5.76 Å². The van der Waals surface area contributed by atoms with Gasteiger partial charge in [0.05, 0.1) is 12.4 Å². The lowest BCUT2D eigenvalue weighted by Crippen LogP contribution is -2.30. The van der Waals surface area contributed by atoms with Gasteiger partial charge in [-0.1, -0.05) is 23.7 Å². The molecule has 0 aliphatic carbocycles. The van der Waals surface area contributed by atoms with Gasteiger partial charge in [-0.05, 0) is 43.2 Å². The van der Waals surface area contributed by atoms with Gasteiger partial charge in [0.15, 0.2) is 0 Å². The first-order chi connectivity index (χ1) is 9.65. The molecule has 0 bridgehead atoms. The zero-order valence-corrected chi connectivity index (χ0v) is 12.3. The van der Waals surface area contributed by atoms with Crippen molar-refractivity contribution >= 4 is 11.6 Å². The Bertz CT molecular complexity index is 496. The molecule has 20 heavy (non-hydrogen) atoms. The van der Waals surface area contributed by atoms with Crippen LogP contribution in [0, 0.1) is 0 Å². The summed E-state index contributed by atoms with van der Waals surface area (Å²) in [6.45, 7) is 2.64. The van der Waals surface area contributed by atoms with Crippen LogP contribution >= 0.6 is 11.6 Å². The Balaban J connectivity index is 1.72. The fourth-order valence-electron chi connectivity index (χ4n) is 2.03. The molecular formula is C16H20ClNO2. The van der Waals surface area contributed by atoms with Gasteiger partial charge in [-0.3, -0.25) is 0 Å². The van der Waals surface area contributed by atoms with E-state index < -0.39 is 6.10 Å². The molecule has 1 aromatic carbocycles. The summed E-state index contributed by atoms with van der Waals surface area (Å²) in [5.41, 5.74) is 0.875. The second-order valence-electron chi connectivity index (χ2n) is 4.99. The molecule has 3 nitrogen and oxygen atoms in total. The first-order valence-corrected chi connectivity index (χ1v) is 7.22. The average molecular weight is 294 g/mol. The van der Waals surface area contributed by atoms with Crippen LogP contribution in [0.15, 0.2) is 47.1 Å². The Hall–Kier alpha value is -1.29. The second kappa shape index (κ2) is 7.48. The smallest absolute Gasteiger partial charge is 0.103 e. The van der Waals surface area contributed by atoms with Crippen LogP contribution < -0.4 is 5.32 Å². The number of aryl methyl sites for hydroxylation is 1. The van der Waals surface area contributed by atoms with Crippen molar-refractivity contribution in [1.82, 2.24) is 5.32 Å². The van der Waals surface area contributed by atoms with Gasteiger partial charge in [0, 0.05) is 24.0 Å². The number of nitrogens with one attached hydrogen (secondary N) is 1. The van der Waals surface area contributed by atoms with E-state index >= 15 is 0 Å². The summed E-state index contributed by atoms with van der Waals surface area (Å²) >= 11 is 5.83. The largest absolute Gasteiger partial charge is 0.469 e. The summed E-state index contributed by atoms with van der Waals surface area (Å²) in [7, 11) is 0. The number of furan rings is 1. The number of aliphatic hydroxyl groups excluding tert-OH is 1. The summed E-state index contributed by atoms with van der Waals surface area (Å²) in [6.07, 6.45) is 3.05. The van der Waals surface area contributed by atoms with Crippen LogP contribution in [0.25, 0.3) is 0 Å². The molecule has 108 valence electrons. The lowest BCUT2D eigenvalue weighted by atomic mass is 10.1. The predicted octanol–water partition coefficient (Wildman–Crippen LogP) is 3.58. The Labute approximate surface area is 124 Å². The maximum absolute atomic E-state index is 10.1. The van der Waals surface area contributed by atoms with Crippen molar-refractivity contribution in [2.45, 2.75) is 31.9 Å². The zero-order valence-electron chi connectivity index (χ0n) is 11.6. The Morgan fingerprint density at radius 1 is 1.25 bits per heavy atom. The molecule has 0 aliphatic rings. The lowest BCUT2D eigenvalue weighted by Gasteiger charge is -2.17. The van der Waals surface area contributed by atoms with Crippen molar-refractivity contribution < 1.29 is 9.52 Å². The number of hydrogen-bond donors (Lipinski definition) is 2. The third kappa shape index (κ3) is 4.67. The highest BCUT2D eigenvalue weighted by molar-refractivity contribution is 6.30. The highest BCUT2D eigenvalue weighted by Gasteiger charge is 2.10. The molecule has 2 N–H and O–H groups in total. The van der Waals surface area contributed by atoms with E-state index in [9.17, 15) is 5.11 Å². The minimum absolute atomic E-state index is 0.321. The first-order valence-electron chi connectivity index (χ1n) is 6.84. The third-order valence-electron chi connectivity index (χ3n) is 3.32. The molecule has 2 atom stereocenters. The van der Waals surface area contributed by atoms with Crippen LogP contribution in [0.4, 0.5) is 0 Å². The minimum atomic E-state index is -0.515. The zero-order chi connectivity index (χ0) is 14.4. The SMILES string of the molecule is CC(CCc1ccco1)NCC(O)c1ccc(Cl)cc1. The van der Waals surface area contributed by atoms with E-state index in [2.05, 4.69) is 12.2 Å². The van der Waals surface area contributed by atoms with Crippen LogP contribution in [0.5, 0.6) is 0 Å². The number of halogens is 1. The van der Waals surface area contributed by atoms with Crippen molar-refractivity contribution in [3.63, 3.8) is 0 Å². The number of rotatable bonds is 7. The molecule has 0 saturated heterocycles. The van der Waals surface area contributed by atoms with Crippen molar-refractivity contribution in [2.75, 3.05) is 6.54 Å². The molecule has 0 spiro atoms. The Morgan fingerprint density at radius 2 is 2.00 bits per heavy atom. The van der Waals surface area contributed by atoms with Crippen LogP contribution in [0.1, 0.15) is 30.8 Å². The molecule has 4 heteroatoms. The number of hydrogen-bond acceptors (Lipinski definition) is 3. The first kappa shape index (κ1) is 15.1. The molecule has 0 radical (unpaired) electrons. The molecule has 0 saturated carbocycles. The molecule has 0 aliphatic heterocycles. The Morgan fingerprint density at radius 3 is 2.65 bits per heavy atom. The molecule has 2 aromatic rings. The molecule has 1 heterocycles. The second-order valence-corrected chi connectivity index (χ2v) is 5.43. The minimum Gasteiger partial charge on any atom is -0.469 e. The summed E-state index contributed by atoms with van der Waals surface area (Å²) in [6, 6.07) is 11.5. The highest BCUT2D eigenvalue weighted by atomic mass is 35.5. The van der Waals surface area contributed by atoms with Gasteiger partial charge < -0.3 is 14.8 Å². The summed E-state index contributed by atoms with van der Waals surface area (Å²) in [4.78, 5) is 0. The van der Waals surface area contributed by atoms with E-state index in [1.165, 1.54) is 0 Å². The summed E-state index contributed by atoms with van der Waals surface area (Å²) < 4.78 is 5.30. The van der Waals surface area contributed by atoms with Gasteiger partial charge in [-0.25, -0.2) is 0 Å². The quantitative estimate of drug-likeness (QED) is 0.820. The van der Waals surface area contributed by atoms with Gasteiger partial charge in [0.25, 0.3) is 0 Å². The van der Waals surface area contributed by atoms with Gasteiger partial charge >= 0.3 is 0 Å². The molecule has 2 rings (SSSR count). The van der Waals surface area contributed by atoms with Gasteiger partial charge in [-0.15, -0.1) is 0 Å².